The molecule has 0 aliphatic carbocycles. The quantitative estimate of drug-likeness (QED) is 0.529. The molecule has 3 aromatic rings. The Labute approximate surface area is 171 Å². The molecule has 2 aromatic carbocycles. The molecular formula is C19H15NaO6. The van der Waals surface area contributed by atoms with Crippen molar-refractivity contribution in [2.75, 3.05) is 14.2 Å². The zero-order chi connectivity index (χ0) is 18.0. The van der Waals surface area contributed by atoms with Gasteiger partial charge in [-0.2, -0.15) is 0 Å². The number of para-hydroxylation sites is 1. The fraction of sp³-hybridized carbons (Fsp3) is 0.158. The van der Waals surface area contributed by atoms with E-state index in [4.69, 9.17) is 13.9 Å². The second-order valence-corrected chi connectivity index (χ2v) is 5.38. The number of aliphatic carboxylic acids is 1. The first kappa shape index (κ1) is 20.0. The van der Waals surface area contributed by atoms with Crippen LogP contribution in [0.1, 0.15) is 5.56 Å². The van der Waals surface area contributed by atoms with Gasteiger partial charge < -0.3 is 23.8 Å². The number of methoxy groups -OCH3 is 2. The average molecular weight is 362 g/mol. The molecule has 0 amide bonds. The summed E-state index contributed by atoms with van der Waals surface area (Å²) in [5, 5.41) is 11.3. The monoisotopic (exact) mass is 362 g/mol. The molecule has 128 valence electrons. The van der Waals surface area contributed by atoms with E-state index < -0.39 is 5.97 Å². The third kappa shape index (κ3) is 3.93. The van der Waals surface area contributed by atoms with Gasteiger partial charge in [0.1, 0.15) is 22.8 Å². The number of hydrogen-bond donors (Lipinski definition) is 0. The van der Waals surface area contributed by atoms with E-state index in [1.807, 2.05) is 0 Å². The van der Waals surface area contributed by atoms with Gasteiger partial charge in [0.05, 0.1) is 25.2 Å². The van der Waals surface area contributed by atoms with E-state index in [1.165, 1.54) is 20.3 Å². The van der Waals surface area contributed by atoms with E-state index in [2.05, 4.69) is 0 Å². The van der Waals surface area contributed by atoms with Crippen LogP contribution in [-0.2, 0) is 11.2 Å². The summed E-state index contributed by atoms with van der Waals surface area (Å²) in [5.41, 5.74) is 0.850. The molecule has 26 heavy (non-hydrogen) atoms. The predicted molar refractivity (Wildman–Crippen MR) is 89.7 cm³/mol. The van der Waals surface area contributed by atoms with Gasteiger partial charge in [-0.25, -0.2) is 0 Å². The van der Waals surface area contributed by atoms with Crippen LogP contribution in [0.25, 0.3) is 22.3 Å². The second kappa shape index (κ2) is 8.40. The number of carbonyl (C=O) groups is 1. The molecule has 3 rings (SSSR count). The number of benzene rings is 2. The van der Waals surface area contributed by atoms with Crippen molar-refractivity contribution in [2.45, 2.75) is 6.42 Å². The molecule has 7 heteroatoms. The zero-order valence-corrected chi connectivity index (χ0v) is 16.7. The fourth-order valence-corrected chi connectivity index (χ4v) is 2.67. The van der Waals surface area contributed by atoms with Crippen LogP contribution in [0.2, 0.25) is 0 Å². The number of carboxylic acids is 1. The van der Waals surface area contributed by atoms with E-state index in [0.717, 1.165) is 0 Å². The third-order valence-corrected chi connectivity index (χ3v) is 3.84. The summed E-state index contributed by atoms with van der Waals surface area (Å²) in [6.45, 7) is 0. The standard InChI is InChI=1S/C19H16O6.Na/c1-23-12-6-7-16(24-2)14(9-12)17-10-15(20)13-5-3-4-11(8-18(21)22)19(13)25-17;/h3-7,9-10H,8H2,1-2H3,(H,21,22);/q;+1/p-1. The maximum Gasteiger partial charge on any atom is 1.00 e. The van der Waals surface area contributed by atoms with Gasteiger partial charge in [-0.05, 0) is 24.3 Å². The van der Waals surface area contributed by atoms with Gasteiger partial charge in [-0.3, -0.25) is 4.79 Å². The summed E-state index contributed by atoms with van der Waals surface area (Å²) in [6.07, 6.45) is -0.348. The predicted octanol–water partition coefficient (Wildman–Crippen LogP) is -1.23. The molecule has 0 N–H and O–H groups in total. The van der Waals surface area contributed by atoms with Crippen LogP contribution >= 0.6 is 0 Å². The van der Waals surface area contributed by atoms with Crippen molar-refractivity contribution >= 4 is 16.9 Å². The summed E-state index contributed by atoms with van der Waals surface area (Å²) >= 11 is 0. The van der Waals surface area contributed by atoms with Crippen molar-refractivity contribution in [3.63, 3.8) is 0 Å². The molecular weight excluding hydrogens is 347 g/mol. The molecule has 0 fully saturated rings. The van der Waals surface area contributed by atoms with Crippen LogP contribution in [-0.4, -0.2) is 20.2 Å². The van der Waals surface area contributed by atoms with Gasteiger partial charge in [-0.15, -0.1) is 0 Å². The molecule has 0 atom stereocenters. The zero-order valence-electron chi connectivity index (χ0n) is 14.7. The largest absolute Gasteiger partial charge is 1.00 e. The number of rotatable bonds is 5. The Bertz CT molecular complexity index is 1010. The Morgan fingerprint density at radius 3 is 2.54 bits per heavy atom. The molecule has 0 radical (unpaired) electrons. The van der Waals surface area contributed by atoms with E-state index >= 15 is 0 Å². The fourth-order valence-electron chi connectivity index (χ4n) is 2.67. The van der Waals surface area contributed by atoms with E-state index in [0.29, 0.717) is 28.0 Å². The first-order valence-electron chi connectivity index (χ1n) is 7.51. The summed E-state index contributed by atoms with van der Waals surface area (Å²) in [4.78, 5) is 23.4. The Morgan fingerprint density at radius 1 is 1.12 bits per heavy atom. The maximum atomic E-state index is 12.5. The first-order chi connectivity index (χ1) is 12.0. The molecule has 0 aliphatic rings. The number of hydrogen-bond acceptors (Lipinski definition) is 6. The molecule has 1 aromatic heterocycles. The molecule has 0 saturated carbocycles. The summed E-state index contributed by atoms with van der Waals surface area (Å²) in [6, 6.07) is 11.3. The van der Waals surface area contributed by atoms with Crippen LogP contribution in [0, 0.1) is 0 Å². The Kier molecular flexibility index (Phi) is 6.47. The van der Waals surface area contributed by atoms with E-state index in [-0.39, 0.29) is 52.8 Å². The van der Waals surface area contributed by atoms with Crippen LogP contribution in [0.5, 0.6) is 11.5 Å². The molecule has 0 aliphatic heterocycles. The van der Waals surface area contributed by atoms with Gasteiger partial charge in [0.25, 0.3) is 0 Å². The van der Waals surface area contributed by atoms with Gasteiger partial charge in [-0.1, -0.05) is 12.1 Å². The summed E-state index contributed by atoms with van der Waals surface area (Å²) in [5.74, 6) is 0.0841. The number of carboxylic acid groups (broad SMARTS) is 1. The number of fused-ring (bicyclic) bond motifs is 1. The molecule has 0 unspecified atom stereocenters. The van der Waals surface area contributed by atoms with Crippen LogP contribution in [0.15, 0.2) is 51.7 Å². The van der Waals surface area contributed by atoms with E-state index in [9.17, 15) is 14.7 Å². The minimum absolute atomic E-state index is 0. The minimum Gasteiger partial charge on any atom is -0.550 e. The molecule has 0 spiro atoms. The Balaban J connectivity index is 0.00000243. The maximum absolute atomic E-state index is 12.5. The third-order valence-electron chi connectivity index (χ3n) is 3.84. The first-order valence-corrected chi connectivity index (χ1v) is 7.51. The number of ether oxygens (including phenoxy) is 2. The van der Waals surface area contributed by atoms with Crippen molar-refractivity contribution in [1.29, 1.82) is 0 Å². The van der Waals surface area contributed by atoms with Gasteiger partial charge in [0.15, 0.2) is 5.43 Å². The molecule has 6 nitrogen and oxygen atoms in total. The van der Waals surface area contributed by atoms with Gasteiger partial charge in [0.2, 0.25) is 0 Å². The van der Waals surface area contributed by atoms with Gasteiger partial charge in [0, 0.05) is 24.0 Å². The smallest absolute Gasteiger partial charge is 0.550 e. The van der Waals surface area contributed by atoms with Crippen LogP contribution < -0.4 is 49.6 Å². The minimum atomic E-state index is -1.25. The average Bonchev–Trinajstić information content (AvgIpc) is 2.61. The normalized spacial score (nSPS) is 10.2. The summed E-state index contributed by atoms with van der Waals surface area (Å²) < 4.78 is 16.4. The van der Waals surface area contributed by atoms with Crippen molar-refractivity contribution in [3.05, 3.63) is 58.3 Å². The second-order valence-electron chi connectivity index (χ2n) is 5.38. The van der Waals surface area contributed by atoms with Gasteiger partial charge >= 0.3 is 29.6 Å². The van der Waals surface area contributed by atoms with Crippen molar-refractivity contribution in [1.82, 2.24) is 0 Å². The summed E-state index contributed by atoms with van der Waals surface area (Å²) in [7, 11) is 3.03. The Morgan fingerprint density at radius 2 is 1.88 bits per heavy atom. The SMILES string of the molecule is COc1ccc(OC)c(-c2cc(=O)c3cccc(CC(=O)[O-])c3o2)c1.[Na+]. The molecule has 0 bridgehead atoms. The van der Waals surface area contributed by atoms with Crippen LogP contribution in [0.4, 0.5) is 0 Å². The van der Waals surface area contributed by atoms with E-state index in [1.54, 1.807) is 36.4 Å². The number of carbonyl (C=O) groups excluding carboxylic acids is 1. The molecule has 1 heterocycles. The molecule has 0 saturated heterocycles. The van der Waals surface area contributed by atoms with Crippen molar-refractivity contribution < 1.29 is 53.3 Å². The van der Waals surface area contributed by atoms with Crippen molar-refractivity contribution in [3.8, 4) is 22.8 Å². The topological polar surface area (TPSA) is 88.8 Å². The Hall–Kier alpha value is -2.28. The van der Waals surface area contributed by atoms with Crippen molar-refractivity contribution in [2.24, 2.45) is 0 Å². The van der Waals surface area contributed by atoms with Crippen LogP contribution in [0.3, 0.4) is 0 Å².